The Balaban J connectivity index is 2.55. The van der Waals surface area contributed by atoms with Crippen LogP contribution >= 0.6 is 0 Å². The molecule has 0 spiro atoms. The molecule has 1 aliphatic rings. The third-order valence-corrected chi connectivity index (χ3v) is 13.2. The van der Waals surface area contributed by atoms with Crippen molar-refractivity contribution >= 4 is 17.7 Å². The summed E-state index contributed by atoms with van der Waals surface area (Å²) in [6.45, 7) is 10.8. The summed E-state index contributed by atoms with van der Waals surface area (Å²) in [6.07, 6.45) is 59.0. The van der Waals surface area contributed by atoms with Gasteiger partial charge in [-0.25, -0.2) is 0 Å². The molecule has 0 radical (unpaired) electrons. The van der Waals surface area contributed by atoms with E-state index in [1.807, 2.05) is 0 Å². The highest BCUT2D eigenvalue weighted by molar-refractivity contribution is 5.77. The Hall–Kier alpha value is -2.37. The lowest BCUT2D eigenvalue weighted by molar-refractivity contribution is -0.133. The first kappa shape index (κ1) is 58.6. The molecule has 366 valence electrons. The van der Waals surface area contributed by atoms with Gasteiger partial charge in [0.1, 0.15) is 0 Å². The van der Waals surface area contributed by atoms with E-state index in [1.165, 1.54) is 173 Å². The van der Waals surface area contributed by atoms with Crippen LogP contribution in [0.25, 0.3) is 0 Å². The average molecular weight is 880 g/mol. The molecule has 0 atom stereocenters. The van der Waals surface area contributed by atoms with E-state index in [0.29, 0.717) is 58.5 Å². The quantitative estimate of drug-likeness (QED) is 0.0456. The Kier molecular flexibility index (Phi) is 43.0. The zero-order chi connectivity index (χ0) is 45.5. The number of allylic oxidation sites excluding steroid dienone is 6. The summed E-state index contributed by atoms with van der Waals surface area (Å²) in [4.78, 5) is 46.9. The van der Waals surface area contributed by atoms with E-state index < -0.39 is 0 Å². The Morgan fingerprint density at radius 2 is 0.540 bits per heavy atom. The highest BCUT2D eigenvalue weighted by Crippen LogP contribution is 2.16. The molecular formula is C57H105N3O3. The summed E-state index contributed by atoms with van der Waals surface area (Å²) in [5, 5.41) is 0. The number of carbonyl (C=O) groups excluding carboxylic acids is 3. The molecule has 1 aliphatic heterocycles. The van der Waals surface area contributed by atoms with Crippen LogP contribution in [-0.2, 0) is 14.4 Å². The third-order valence-electron chi connectivity index (χ3n) is 13.2. The van der Waals surface area contributed by atoms with Gasteiger partial charge in [-0.05, 0) is 110 Å². The number of rotatable bonds is 39. The zero-order valence-electron chi connectivity index (χ0n) is 42.4. The summed E-state index contributed by atoms with van der Waals surface area (Å²) in [7, 11) is 0. The van der Waals surface area contributed by atoms with Gasteiger partial charge < -0.3 is 14.7 Å². The first-order valence-corrected chi connectivity index (χ1v) is 27.8. The van der Waals surface area contributed by atoms with Crippen LogP contribution < -0.4 is 0 Å². The van der Waals surface area contributed by atoms with Crippen LogP contribution in [0.5, 0.6) is 0 Å². The lowest BCUT2D eigenvalue weighted by Crippen LogP contribution is -2.41. The van der Waals surface area contributed by atoms with Crippen molar-refractivity contribution in [2.45, 2.75) is 271 Å². The number of hydrogen-bond donors (Lipinski definition) is 0. The van der Waals surface area contributed by atoms with E-state index >= 15 is 0 Å². The van der Waals surface area contributed by atoms with Gasteiger partial charge >= 0.3 is 0 Å². The molecule has 63 heavy (non-hydrogen) atoms. The predicted molar refractivity (Wildman–Crippen MR) is 274 cm³/mol. The SMILES string of the molecule is C/C=C/CCCCCCCCC(=O)N1CCCN(C(=O)CCCCCCC/C=C/CCCCCCCC)CCCN(C(=O)CCCCCCC/C=C/CCCCCCCC)CCC1. The second-order valence-electron chi connectivity index (χ2n) is 19.1. The number of amides is 3. The van der Waals surface area contributed by atoms with Crippen LogP contribution in [0.1, 0.15) is 271 Å². The van der Waals surface area contributed by atoms with Crippen molar-refractivity contribution in [1.82, 2.24) is 14.7 Å². The van der Waals surface area contributed by atoms with Crippen LogP contribution in [0, 0.1) is 0 Å². The van der Waals surface area contributed by atoms with Crippen LogP contribution in [0.4, 0.5) is 0 Å². The van der Waals surface area contributed by atoms with Gasteiger partial charge in [0.25, 0.3) is 0 Å². The second-order valence-corrected chi connectivity index (χ2v) is 19.1. The molecule has 1 rings (SSSR count). The number of nitrogens with zero attached hydrogens (tertiary/aromatic N) is 3. The maximum Gasteiger partial charge on any atom is 0.222 e. The monoisotopic (exact) mass is 880 g/mol. The van der Waals surface area contributed by atoms with Gasteiger partial charge in [0.15, 0.2) is 0 Å². The number of hydrogen-bond acceptors (Lipinski definition) is 3. The molecule has 1 fully saturated rings. The predicted octanol–water partition coefficient (Wildman–Crippen LogP) is 16.4. The van der Waals surface area contributed by atoms with E-state index in [9.17, 15) is 14.4 Å². The Bertz CT molecular complexity index is 1070. The third kappa shape index (κ3) is 37.5. The normalized spacial score (nSPS) is 14.6. The largest absolute Gasteiger partial charge is 0.343 e. The molecule has 0 N–H and O–H groups in total. The zero-order valence-corrected chi connectivity index (χ0v) is 42.4. The highest BCUT2D eigenvalue weighted by atomic mass is 16.2. The second kappa shape index (κ2) is 46.2. The molecule has 0 saturated carbocycles. The summed E-state index contributed by atoms with van der Waals surface area (Å²) >= 11 is 0. The summed E-state index contributed by atoms with van der Waals surface area (Å²) in [5.41, 5.74) is 0. The van der Waals surface area contributed by atoms with Gasteiger partial charge in [-0.3, -0.25) is 14.4 Å². The van der Waals surface area contributed by atoms with Crippen molar-refractivity contribution in [2.24, 2.45) is 0 Å². The fourth-order valence-corrected chi connectivity index (χ4v) is 9.02. The molecule has 0 aliphatic carbocycles. The van der Waals surface area contributed by atoms with Crippen molar-refractivity contribution in [1.29, 1.82) is 0 Å². The van der Waals surface area contributed by atoms with Crippen LogP contribution in [0.2, 0.25) is 0 Å². The van der Waals surface area contributed by atoms with Crippen molar-refractivity contribution in [2.75, 3.05) is 39.3 Å². The molecule has 1 heterocycles. The lowest BCUT2D eigenvalue weighted by atomic mass is 10.1. The van der Waals surface area contributed by atoms with Gasteiger partial charge in [0, 0.05) is 58.5 Å². The molecular weight excluding hydrogens is 775 g/mol. The molecule has 0 aromatic rings. The van der Waals surface area contributed by atoms with E-state index in [1.54, 1.807) is 0 Å². The van der Waals surface area contributed by atoms with Crippen molar-refractivity contribution in [3.63, 3.8) is 0 Å². The molecule has 0 aromatic carbocycles. The molecule has 0 bridgehead atoms. The van der Waals surface area contributed by atoms with Gasteiger partial charge in [-0.1, -0.05) is 179 Å². The van der Waals surface area contributed by atoms with E-state index in [0.717, 1.165) is 57.8 Å². The number of unbranched alkanes of at least 4 members (excludes halogenated alkanes) is 28. The Labute approximate surface area is 392 Å². The fraction of sp³-hybridized carbons (Fsp3) is 0.842. The molecule has 0 aromatic heterocycles. The van der Waals surface area contributed by atoms with Gasteiger partial charge in [0.2, 0.25) is 17.7 Å². The maximum atomic E-state index is 13.6. The minimum absolute atomic E-state index is 0.248. The first-order valence-electron chi connectivity index (χ1n) is 27.8. The molecule has 6 heteroatoms. The summed E-state index contributed by atoms with van der Waals surface area (Å²) < 4.78 is 0. The molecule has 6 nitrogen and oxygen atoms in total. The van der Waals surface area contributed by atoms with Crippen molar-refractivity contribution in [3.05, 3.63) is 36.5 Å². The minimum Gasteiger partial charge on any atom is -0.343 e. The molecule has 3 amide bonds. The van der Waals surface area contributed by atoms with Crippen LogP contribution in [0.15, 0.2) is 36.5 Å². The van der Waals surface area contributed by atoms with E-state index in [4.69, 9.17) is 0 Å². The minimum atomic E-state index is 0.248. The topological polar surface area (TPSA) is 60.9 Å². The van der Waals surface area contributed by atoms with E-state index in [-0.39, 0.29) is 17.7 Å². The lowest BCUT2D eigenvalue weighted by Gasteiger charge is -2.30. The molecule has 1 saturated heterocycles. The van der Waals surface area contributed by atoms with Crippen LogP contribution in [-0.4, -0.2) is 71.7 Å². The van der Waals surface area contributed by atoms with E-state index in [2.05, 4.69) is 71.9 Å². The Morgan fingerprint density at radius 1 is 0.317 bits per heavy atom. The van der Waals surface area contributed by atoms with Gasteiger partial charge in [-0.15, -0.1) is 0 Å². The summed E-state index contributed by atoms with van der Waals surface area (Å²) in [6, 6.07) is 0. The van der Waals surface area contributed by atoms with Crippen LogP contribution in [0.3, 0.4) is 0 Å². The van der Waals surface area contributed by atoms with Gasteiger partial charge in [-0.2, -0.15) is 0 Å². The highest BCUT2D eigenvalue weighted by Gasteiger charge is 2.20. The molecule has 0 unspecified atom stereocenters. The maximum absolute atomic E-state index is 13.6. The van der Waals surface area contributed by atoms with Crippen molar-refractivity contribution in [3.8, 4) is 0 Å². The Morgan fingerprint density at radius 3 is 0.794 bits per heavy atom. The van der Waals surface area contributed by atoms with Gasteiger partial charge in [0.05, 0.1) is 0 Å². The average Bonchev–Trinajstić information content (AvgIpc) is 3.28. The first-order chi connectivity index (χ1) is 31.0. The smallest absolute Gasteiger partial charge is 0.222 e. The fourth-order valence-electron chi connectivity index (χ4n) is 9.02. The van der Waals surface area contributed by atoms with Crippen molar-refractivity contribution < 1.29 is 14.4 Å². The number of carbonyl (C=O) groups is 3. The summed E-state index contributed by atoms with van der Waals surface area (Å²) in [5.74, 6) is 0.747. The standard InChI is InChI=1S/C57H105N3O3/c1-4-7-10-13-16-19-21-23-25-27-29-32-35-38-41-47-56(62)59-51-43-49-58(55(61)46-40-37-34-31-18-15-12-9-6-3)50-44-52-60(54-45-53-59)57(63)48-42-39-36-33-30-28-26-24-22-20-17-14-11-8-5-2/h6,9,23-26H,4-5,7-8,10-22,27-54H2,1-3H3/b9-6+,25-23+,26-24+.